The Labute approximate surface area is 156 Å². The molecule has 0 spiro atoms. The van der Waals surface area contributed by atoms with Gasteiger partial charge in [-0.1, -0.05) is 12.1 Å². The summed E-state index contributed by atoms with van der Waals surface area (Å²) in [6, 6.07) is 11.9. The number of halogens is 1. The zero-order valence-corrected chi connectivity index (χ0v) is 14.7. The van der Waals surface area contributed by atoms with Gasteiger partial charge in [-0.25, -0.2) is 4.39 Å². The number of ether oxygens (including phenoxy) is 1. The number of nitrogens with one attached hydrogen (secondary N) is 1. The molecule has 0 radical (unpaired) electrons. The first-order valence-electron chi connectivity index (χ1n) is 8.74. The fourth-order valence-electron chi connectivity index (χ4n) is 3.01. The standard InChI is InChI=1S/C20H21FN2O4/c21-16-5-1-14(2-6-16)18(13-19(24)25)22-20(26)15-3-7-17(8-4-15)23-9-11-27-12-10-23/h1-8,18H,9-13H2,(H,22,26)(H,24,25). The van der Waals surface area contributed by atoms with Gasteiger partial charge in [0.2, 0.25) is 0 Å². The Balaban J connectivity index is 1.70. The molecule has 7 heteroatoms. The van der Waals surface area contributed by atoms with Gasteiger partial charge in [-0.3, -0.25) is 9.59 Å². The molecule has 0 saturated carbocycles. The van der Waals surface area contributed by atoms with Gasteiger partial charge in [0.15, 0.2) is 0 Å². The summed E-state index contributed by atoms with van der Waals surface area (Å²) in [7, 11) is 0. The van der Waals surface area contributed by atoms with Gasteiger partial charge < -0.3 is 20.1 Å². The second-order valence-corrected chi connectivity index (χ2v) is 6.32. The number of carboxylic acid groups (broad SMARTS) is 1. The average molecular weight is 372 g/mol. The minimum Gasteiger partial charge on any atom is -0.481 e. The van der Waals surface area contributed by atoms with Crippen molar-refractivity contribution < 1.29 is 23.8 Å². The quantitative estimate of drug-likeness (QED) is 0.815. The van der Waals surface area contributed by atoms with Crippen molar-refractivity contribution in [3.05, 3.63) is 65.5 Å². The Morgan fingerprint density at radius 2 is 1.70 bits per heavy atom. The van der Waals surface area contributed by atoms with Crippen molar-refractivity contribution in [2.75, 3.05) is 31.2 Å². The van der Waals surface area contributed by atoms with Crippen LogP contribution in [-0.2, 0) is 9.53 Å². The van der Waals surface area contributed by atoms with Crippen molar-refractivity contribution >= 4 is 17.6 Å². The van der Waals surface area contributed by atoms with Gasteiger partial charge in [0, 0.05) is 24.3 Å². The second-order valence-electron chi connectivity index (χ2n) is 6.32. The van der Waals surface area contributed by atoms with Crippen molar-refractivity contribution in [1.82, 2.24) is 5.32 Å². The summed E-state index contributed by atoms with van der Waals surface area (Å²) >= 11 is 0. The third kappa shape index (κ3) is 5.04. The van der Waals surface area contributed by atoms with Gasteiger partial charge >= 0.3 is 5.97 Å². The molecule has 0 aromatic heterocycles. The maximum atomic E-state index is 13.1. The number of hydrogen-bond acceptors (Lipinski definition) is 4. The lowest BCUT2D eigenvalue weighted by Crippen LogP contribution is -2.36. The molecule has 1 unspecified atom stereocenters. The van der Waals surface area contributed by atoms with Gasteiger partial charge in [-0.2, -0.15) is 0 Å². The van der Waals surface area contributed by atoms with Gasteiger partial charge in [0.25, 0.3) is 5.91 Å². The molecule has 1 saturated heterocycles. The summed E-state index contributed by atoms with van der Waals surface area (Å²) < 4.78 is 18.4. The van der Waals surface area contributed by atoms with E-state index in [2.05, 4.69) is 10.2 Å². The summed E-state index contributed by atoms with van der Waals surface area (Å²) in [4.78, 5) is 25.9. The smallest absolute Gasteiger partial charge is 0.305 e. The Morgan fingerprint density at radius 1 is 1.07 bits per heavy atom. The molecule has 27 heavy (non-hydrogen) atoms. The van der Waals surface area contributed by atoms with Crippen LogP contribution in [0.3, 0.4) is 0 Å². The fourth-order valence-corrected chi connectivity index (χ4v) is 3.01. The van der Waals surface area contributed by atoms with Crippen LogP contribution in [-0.4, -0.2) is 43.3 Å². The third-order valence-electron chi connectivity index (χ3n) is 4.46. The molecule has 1 amide bonds. The molecule has 1 heterocycles. The number of carbonyl (C=O) groups is 2. The molecule has 1 atom stereocenters. The van der Waals surface area contributed by atoms with Crippen molar-refractivity contribution in [1.29, 1.82) is 0 Å². The summed E-state index contributed by atoms with van der Waals surface area (Å²) in [5.74, 6) is -1.84. The maximum Gasteiger partial charge on any atom is 0.305 e. The van der Waals surface area contributed by atoms with Crippen LogP contribution in [0.2, 0.25) is 0 Å². The zero-order chi connectivity index (χ0) is 19.2. The lowest BCUT2D eigenvalue weighted by molar-refractivity contribution is -0.137. The largest absolute Gasteiger partial charge is 0.481 e. The van der Waals surface area contributed by atoms with Crippen LogP contribution >= 0.6 is 0 Å². The molecule has 0 aliphatic carbocycles. The highest BCUT2D eigenvalue weighted by Crippen LogP contribution is 2.20. The van der Waals surface area contributed by atoms with E-state index in [0.717, 1.165) is 18.8 Å². The number of morpholine rings is 1. The number of amides is 1. The number of aliphatic carboxylic acids is 1. The van der Waals surface area contributed by atoms with Crippen molar-refractivity contribution in [3.63, 3.8) is 0 Å². The monoisotopic (exact) mass is 372 g/mol. The molecule has 3 rings (SSSR count). The molecule has 6 nitrogen and oxygen atoms in total. The Kier molecular flexibility index (Phi) is 6.03. The summed E-state index contributed by atoms with van der Waals surface area (Å²) in [5.41, 5.74) is 1.98. The third-order valence-corrected chi connectivity index (χ3v) is 4.46. The van der Waals surface area contributed by atoms with Crippen LogP contribution in [0, 0.1) is 5.82 Å². The summed E-state index contributed by atoms with van der Waals surface area (Å²) in [6.07, 6.45) is -0.288. The van der Waals surface area contributed by atoms with E-state index in [1.54, 1.807) is 12.1 Å². The molecule has 0 bridgehead atoms. The predicted octanol–water partition coefficient (Wildman–Crippen LogP) is 2.61. The van der Waals surface area contributed by atoms with E-state index < -0.39 is 17.8 Å². The number of carboxylic acids is 1. The number of benzene rings is 2. The van der Waals surface area contributed by atoms with Crippen molar-refractivity contribution in [3.8, 4) is 0 Å². The highest BCUT2D eigenvalue weighted by molar-refractivity contribution is 5.95. The van der Waals surface area contributed by atoms with E-state index in [0.29, 0.717) is 24.3 Å². The van der Waals surface area contributed by atoms with E-state index in [1.165, 1.54) is 24.3 Å². The van der Waals surface area contributed by atoms with Gasteiger partial charge in [0.05, 0.1) is 25.7 Å². The first kappa shape index (κ1) is 18.8. The number of hydrogen-bond donors (Lipinski definition) is 2. The lowest BCUT2D eigenvalue weighted by atomic mass is 10.0. The van der Waals surface area contributed by atoms with Crippen LogP contribution < -0.4 is 10.2 Å². The molecule has 2 aromatic carbocycles. The Morgan fingerprint density at radius 3 is 2.30 bits per heavy atom. The zero-order valence-electron chi connectivity index (χ0n) is 14.7. The van der Waals surface area contributed by atoms with Crippen LogP contribution in [0.4, 0.5) is 10.1 Å². The first-order chi connectivity index (χ1) is 13.0. The maximum absolute atomic E-state index is 13.1. The number of nitrogens with zero attached hydrogens (tertiary/aromatic N) is 1. The Hall–Kier alpha value is -2.93. The SMILES string of the molecule is O=C(O)CC(NC(=O)c1ccc(N2CCOCC2)cc1)c1ccc(F)cc1. The van der Waals surface area contributed by atoms with Crippen LogP contribution in [0.15, 0.2) is 48.5 Å². The molecule has 1 aliphatic heterocycles. The molecule has 1 fully saturated rings. The van der Waals surface area contributed by atoms with E-state index in [4.69, 9.17) is 9.84 Å². The number of anilines is 1. The molecule has 142 valence electrons. The first-order valence-corrected chi connectivity index (χ1v) is 8.74. The highest BCUT2D eigenvalue weighted by atomic mass is 19.1. The van der Waals surface area contributed by atoms with E-state index >= 15 is 0 Å². The molecule has 2 aromatic rings. The Bertz CT molecular complexity index is 787. The molecular formula is C20H21FN2O4. The lowest BCUT2D eigenvalue weighted by Gasteiger charge is -2.28. The normalized spacial score (nSPS) is 15.2. The molecule has 1 aliphatic rings. The van der Waals surface area contributed by atoms with Crippen LogP contribution in [0.25, 0.3) is 0 Å². The van der Waals surface area contributed by atoms with E-state index in [9.17, 15) is 14.0 Å². The van der Waals surface area contributed by atoms with Gasteiger partial charge in [-0.15, -0.1) is 0 Å². The van der Waals surface area contributed by atoms with Crippen LogP contribution in [0.5, 0.6) is 0 Å². The number of carbonyl (C=O) groups excluding carboxylic acids is 1. The van der Waals surface area contributed by atoms with Crippen molar-refractivity contribution in [2.24, 2.45) is 0 Å². The van der Waals surface area contributed by atoms with Gasteiger partial charge in [0.1, 0.15) is 5.82 Å². The summed E-state index contributed by atoms with van der Waals surface area (Å²) in [6.45, 7) is 2.96. The van der Waals surface area contributed by atoms with Crippen LogP contribution in [0.1, 0.15) is 28.4 Å². The molecular weight excluding hydrogens is 351 g/mol. The summed E-state index contributed by atoms with van der Waals surface area (Å²) in [5, 5.41) is 11.8. The second kappa shape index (κ2) is 8.64. The van der Waals surface area contributed by atoms with E-state index in [1.807, 2.05) is 12.1 Å². The minimum atomic E-state index is -1.05. The highest BCUT2D eigenvalue weighted by Gasteiger charge is 2.19. The predicted molar refractivity (Wildman–Crippen MR) is 98.3 cm³/mol. The minimum absolute atomic E-state index is 0.288. The van der Waals surface area contributed by atoms with Gasteiger partial charge in [-0.05, 0) is 42.0 Å². The average Bonchev–Trinajstić information content (AvgIpc) is 2.68. The number of rotatable bonds is 6. The van der Waals surface area contributed by atoms with Crippen molar-refractivity contribution in [2.45, 2.75) is 12.5 Å². The molecule has 2 N–H and O–H groups in total. The fraction of sp³-hybridized carbons (Fsp3) is 0.300. The van der Waals surface area contributed by atoms with E-state index in [-0.39, 0.29) is 12.3 Å². The topological polar surface area (TPSA) is 78.9 Å².